The van der Waals surface area contributed by atoms with Crippen molar-refractivity contribution in [1.29, 1.82) is 0 Å². The van der Waals surface area contributed by atoms with E-state index in [1.807, 2.05) is 30.3 Å². The van der Waals surface area contributed by atoms with E-state index < -0.39 is 0 Å². The zero-order valence-electron chi connectivity index (χ0n) is 14.6. The molecule has 1 unspecified atom stereocenters. The molecule has 2 amide bonds. The van der Waals surface area contributed by atoms with Gasteiger partial charge in [-0.05, 0) is 35.9 Å². The number of carbonyl (C=O) groups excluding carboxylic acids is 2. The summed E-state index contributed by atoms with van der Waals surface area (Å²) in [7, 11) is 1.58. The minimum atomic E-state index is -0.206. The van der Waals surface area contributed by atoms with Gasteiger partial charge in [0.05, 0.1) is 7.11 Å². The van der Waals surface area contributed by atoms with E-state index in [1.165, 1.54) is 0 Å². The van der Waals surface area contributed by atoms with Crippen molar-refractivity contribution in [2.45, 2.75) is 12.8 Å². The Balaban J connectivity index is 1.69. The number of aromatic amines is 1. The fourth-order valence-electron chi connectivity index (χ4n) is 3.39. The van der Waals surface area contributed by atoms with E-state index in [0.29, 0.717) is 29.2 Å². The van der Waals surface area contributed by atoms with E-state index in [9.17, 15) is 9.59 Å². The maximum absolute atomic E-state index is 12.7. The molecule has 1 aliphatic rings. The van der Waals surface area contributed by atoms with Gasteiger partial charge in [0.1, 0.15) is 11.4 Å². The molecule has 1 atom stereocenters. The molecule has 0 saturated carbocycles. The number of nitrogens with one attached hydrogen (secondary N) is 3. The minimum absolute atomic E-state index is 0.100. The van der Waals surface area contributed by atoms with Gasteiger partial charge in [0.15, 0.2) is 0 Å². The lowest BCUT2D eigenvalue weighted by Gasteiger charge is -2.19. The summed E-state index contributed by atoms with van der Waals surface area (Å²) in [5.74, 6) is 0.561. The van der Waals surface area contributed by atoms with Crippen molar-refractivity contribution < 1.29 is 14.3 Å². The molecule has 0 radical (unpaired) electrons. The van der Waals surface area contributed by atoms with Crippen molar-refractivity contribution in [1.82, 2.24) is 10.3 Å². The van der Waals surface area contributed by atoms with Gasteiger partial charge in [-0.15, -0.1) is 0 Å². The van der Waals surface area contributed by atoms with Crippen molar-refractivity contribution in [2.24, 2.45) is 0 Å². The Morgan fingerprint density at radius 2 is 2.08 bits per heavy atom. The number of anilines is 1. The van der Waals surface area contributed by atoms with Crippen LogP contribution in [0.3, 0.4) is 0 Å². The van der Waals surface area contributed by atoms with Gasteiger partial charge >= 0.3 is 0 Å². The van der Waals surface area contributed by atoms with Crippen molar-refractivity contribution in [3.63, 3.8) is 0 Å². The Morgan fingerprint density at radius 1 is 1.23 bits per heavy atom. The average molecular weight is 349 g/mol. The van der Waals surface area contributed by atoms with Crippen LogP contribution in [0.25, 0.3) is 10.9 Å². The fourth-order valence-corrected chi connectivity index (χ4v) is 3.39. The number of H-pyrrole nitrogens is 1. The number of hydrogen-bond acceptors (Lipinski definition) is 3. The standard InChI is InChI=1S/C20H19N3O3/c1-11-10-21-20(25)18-17(11)15-8-12(6-7-16(15)23-18)19(24)22-13-4-3-5-14(9-13)26-2/h3-9,11,23H,10H2,1-2H3,(H,21,25)(H,22,24). The van der Waals surface area contributed by atoms with Crippen LogP contribution >= 0.6 is 0 Å². The van der Waals surface area contributed by atoms with Crippen molar-refractivity contribution >= 4 is 28.4 Å². The molecule has 0 saturated heterocycles. The summed E-state index contributed by atoms with van der Waals surface area (Å²) in [5, 5.41) is 6.67. The maximum Gasteiger partial charge on any atom is 0.268 e. The number of carbonyl (C=O) groups is 2. The van der Waals surface area contributed by atoms with Crippen LogP contribution in [0.1, 0.15) is 39.3 Å². The third kappa shape index (κ3) is 2.69. The SMILES string of the molecule is COc1cccc(NC(=O)c2ccc3[nH]c4c(c3c2)C(C)CNC4=O)c1. The number of benzene rings is 2. The molecule has 1 aromatic heterocycles. The van der Waals surface area contributed by atoms with Crippen LogP contribution in [-0.2, 0) is 0 Å². The first-order chi connectivity index (χ1) is 12.6. The first kappa shape index (κ1) is 16.2. The number of aromatic nitrogens is 1. The zero-order chi connectivity index (χ0) is 18.3. The summed E-state index contributed by atoms with van der Waals surface area (Å²) in [4.78, 5) is 27.9. The summed E-state index contributed by atoms with van der Waals surface area (Å²) >= 11 is 0. The highest BCUT2D eigenvalue weighted by Crippen LogP contribution is 2.32. The quantitative estimate of drug-likeness (QED) is 0.678. The molecule has 26 heavy (non-hydrogen) atoms. The zero-order valence-corrected chi connectivity index (χ0v) is 14.6. The molecule has 1 aliphatic heterocycles. The van der Waals surface area contributed by atoms with Crippen LogP contribution < -0.4 is 15.4 Å². The molecule has 0 bridgehead atoms. The molecule has 2 aromatic carbocycles. The van der Waals surface area contributed by atoms with E-state index >= 15 is 0 Å². The van der Waals surface area contributed by atoms with Gasteiger partial charge in [-0.2, -0.15) is 0 Å². The highest BCUT2D eigenvalue weighted by atomic mass is 16.5. The molecule has 2 heterocycles. The Bertz CT molecular complexity index is 1020. The lowest BCUT2D eigenvalue weighted by atomic mass is 9.93. The van der Waals surface area contributed by atoms with Crippen LogP contribution in [0.5, 0.6) is 5.75 Å². The van der Waals surface area contributed by atoms with Gasteiger partial charge in [0, 0.05) is 40.7 Å². The number of rotatable bonds is 3. The molecule has 6 nitrogen and oxygen atoms in total. The number of fused-ring (bicyclic) bond motifs is 3. The van der Waals surface area contributed by atoms with Crippen molar-refractivity contribution in [3.05, 3.63) is 59.3 Å². The summed E-state index contributed by atoms with van der Waals surface area (Å²) in [6.45, 7) is 2.66. The van der Waals surface area contributed by atoms with Crippen molar-refractivity contribution in [2.75, 3.05) is 19.0 Å². The third-order valence-electron chi connectivity index (χ3n) is 4.72. The predicted octanol–water partition coefficient (Wildman–Crippen LogP) is 3.28. The van der Waals surface area contributed by atoms with Crippen LogP contribution in [0.15, 0.2) is 42.5 Å². The first-order valence-electron chi connectivity index (χ1n) is 8.46. The van der Waals surface area contributed by atoms with Crippen LogP contribution in [0.2, 0.25) is 0 Å². The molecule has 3 aromatic rings. The first-order valence-corrected chi connectivity index (χ1v) is 8.46. The van der Waals surface area contributed by atoms with Gasteiger partial charge in [0.2, 0.25) is 0 Å². The second-order valence-corrected chi connectivity index (χ2v) is 6.47. The summed E-state index contributed by atoms with van der Waals surface area (Å²) in [5.41, 5.74) is 3.62. The second-order valence-electron chi connectivity index (χ2n) is 6.47. The smallest absolute Gasteiger partial charge is 0.268 e. The van der Waals surface area contributed by atoms with Gasteiger partial charge < -0.3 is 20.4 Å². The van der Waals surface area contributed by atoms with E-state index in [0.717, 1.165) is 16.5 Å². The number of amides is 2. The van der Waals surface area contributed by atoms with Gasteiger partial charge in [-0.25, -0.2) is 0 Å². The average Bonchev–Trinajstić information content (AvgIpc) is 3.05. The third-order valence-corrected chi connectivity index (χ3v) is 4.72. The van der Waals surface area contributed by atoms with E-state index in [1.54, 1.807) is 19.2 Å². The Morgan fingerprint density at radius 3 is 2.88 bits per heavy atom. The summed E-state index contributed by atoms with van der Waals surface area (Å²) in [6, 6.07) is 12.6. The molecule has 0 spiro atoms. The van der Waals surface area contributed by atoms with Crippen molar-refractivity contribution in [3.8, 4) is 5.75 Å². The Labute approximate surface area is 150 Å². The molecule has 132 valence electrons. The van der Waals surface area contributed by atoms with E-state index in [-0.39, 0.29) is 17.7 Å². The Kier molecular flexibility index (Phi) is 3.88. The Hall–Kier alpha value is -3.28. The van der Waals surface area contributed by atoms with Gasteiger partial charge in [-0.3, -0.25) is 9.59 Å². The molecular formula is C20H19N3O3. The topological polar surface area (TPSA) is 83.2 Å². The van der Waals surface area contributed by atoms with Crippen LogP contribution in [0, 0.1) is 0 Å². The number of ether oxygens (including phenoxy) is 1. The molecule has 6 heteroatoms. The van der Waals surface area contributed by atoms with E-state index in [4.69, 9.17) is 4.74 Å². The summed E-state index contributed by atoms with van der Waals surface area (Å²) < 4.78 is 5.18. The normalized spacial score (nSPS) is 16.1. The molecule has 0 aliphatic carbocycles. The fraction of sp³-hybridized carbons (Fsp3) is 0.200. The molecule has 3 N–H and O–H groups in total. The summed E-state index contributed by atoms with van der Waals surface area (Å²) in [6.07, 6.45) is 0. The lowest BCUT2D eigenvalue weighted by Crippen LogP contribution is -2.33. The maximum atomic E-state index is 12.7. The second kappa shape index (κ2) is 6.22. The molecule has 4 rings (SSSR count). The monoisotopic (exact) mass is 349 g/mol. The predicted molar refractivity (Wildman–Crippen MR) is 100.0 cm³/mol. The van der Waals surface area contributed by atoms with E-state index in [2.05, 4.69) is 22.5 Å². The number of methoxy groups -OCH3 is 1. The molecule has 0 fully saturated rings. The highest BCUT2D eigenvalue weighted by Gasteiger charge is 2.27. The van der Waals surface area contributed by atoms with Gasteiger partial charge in [0.25, 0.3) is 11.8 Å². The van der Waals surface area contributed by atoms with Crippen LogP contribution in [0.4, 0.5) is 5.69 Å². The highest BCUT2D eigenvalue weighted by molar-refractivity contribution is 6.08. The minimum Gasteiger partial charge on any atom is -0.497 e. The lowest BCUT2D eigenvalue weighted by molar-refractivity contribution is 0.0936. The largest absolute Gasteiger partial charge is 0.497 e. The van der Waals surface area contributed by atoms with Gasteiger partial charge in [-0.1, -0.05) is 13.0 Å². The molecular weight excluding hydrogens is 330 g/mol. The van der Waals surface area contributed by atoms with Crippen LogP contribution in [-0.4, -0.2) is 30.5 Å². The number of hydrogen-bond donors (Lipinski definition) is 3.